The Hall–Kier alpha value is -0.660. The van der Waals surface area contributed by atoms with Crippen molar-refractivity contribution in [1.82, 2.24) is 9.80 Å². The fraction of sp³-hybridized carbons (Fsp3) is 0.588. The molecule has 8 heteroatoms. The van der Waals surface area contributed by atoms with Crippen LogP contribution in [-0.4, -0.2) is 72.8 Å². The Kier molecular flexibility index (Phi) is 7.13. The molecule has 0 saturated carbocycles. The van der Waals surface area contributed by atoms with Crippen LogP contribution in [0.1, 0.15) is 6.42 Å². The van der Waals surface area contributed by atoms with Gasteiger partial charge >= 0.3 is 6.03 Å². The molecule has 0 bridgehead atoms. The summed E-state index contributed by atoms with van der Waals surface area (Å²) in [5.74, 6) is 2.06. The van der Waals surface area contributed by atoms with Gasteiger partial charge < -0.3 is 15.0 Å². The lowest BCUT2D eigenvalue weighted by atomic mass is 10.2. The number of amides is 2. The van der Waals surface area contributed by atoms with Gasteiger partial charge in [0, 0.05) is 37.6 Å². The molecule has 2 heterocycles. The maximum atomic E-state index is 12.9. The highest BCUT2D eigenvalue weighted by Gasteiger charge is 2.28. The molecule has 138 valence electrons. The highest BCUT2D eigenvalue weighted by Crippen LogP contribution is 2.26. The smallest absolute Gasteiger partial charge is 0.322 e. The van der Waals surface area contributed by atoms with Crippen LogP contribution in [0.25, 0.3) is 0 Å². The molecule has 5 nitrogen and oxygen atoms in total. The summed E-state index contributed by atoms with van der Waals surface area (Å²) in [6, 6.07) is 5.29. The number of nitrogens with one attached hydrogen (secondary N) is 1. The third kappa shape index (κ3) is 5.41. The zero-order chi connectivity index (χ0) is 17.6. The second-order valence-electron chi connectivity index (χ2n) is 6.25. The van der Waals surface area contributed by atoms with Crippen molar-refractivity contribution in [2.45, 2.75) is 12.5 Å². The standard InChI is InChI=1S/C17H23Cl2N3O2S/c18-15-3-2-13(10-16(15)19)20-17(23)22-4-1-9-25-12-14(22)11-21-5-7-24-8-6-21/h2-3,10,14H,1,4-9,11-12H2,(H,20,23)/t14-/m0/s1. The van der Waals surface area contributed by atoms with Gasteiger partial charge in [-0.3, -0.25) is 4.90 Å². The summed E-state index contributed by atoms with van der Waals surface area (Å²) in [6.07, 6.45) is 1.01. The molecule has 0 aliphatic carbocycles. The van der Waals surface area contributed by atoms with Crippen molar-refractivity contribution in [2.24, 2.45) is 0 Å². The van der Waals surface area contributed by atoms with E-state index in [0.717, 1.165) is 57.3 Å². The molecular formula is C17H23Cl2N3O2S. The molecule has 25 heavy (non-hydrogen) atoms. The maximum absolute atomic E-state index is 12.9. The first kappa shape index (κ1) is 19.1. The molecule has 0 unspecified atom stereocenters. The van der Waals surface area contributed by atoms with Crippen molar-refractivity contribution in [1.29, 1.82) is 0 Å². The van der Waals surface area contributed by atoms with Crippen LogP contribution in [0.4, 0.5) is 10.5 Å². The van der Waals surface area contributed by atoms with Crippen molar-refractivity contribution in [3.63, 3.8) is 0 Å². The van der Waals surface area contributed by atoms with Gasteiger partial charge in [-0.25, -0.2) is 4.79 Å². The first-order valence-electron chi connectivity index (χ1n) is 8.54. The Morgan fingerprint density at radius 1 is 1.24 bits per heavy atom. The zero-order valence-corrected chi connectivity index (χ0v) is 16.4. The summed E-state index contributed by atoms with van der Waals surface area (Å²) in [6.45, 7) is 5.08. The van der Waals surface area contributed by atoms with Crippen molar-refractivity contribution in [3.8, 4) is 0 Å². The lowest BCUT2D eigenvalue weighted by Crippen LogP contribution is -2.51. The number of urea groups is 1. The normalized spacial score (nSPS) is 22.5. The number of thioether (sulfide) groups is 1. The van der Waals surface area contributed by atoms with Gasteiger partial charge in [0.1, 0.15) is 0 Å². The van der Waals surface area contributed by atoms with Gasteiger partial charge in [0.15, 0.2) is 0 Å². The Balaban J connectivity index is 1.66. The van der Waals surface area contributed by atoms with Crippen molar-refractivity contribution >= 4 is 46.7 Å². The van der Waals surface area contributed by atoms with E-state index in [1.165, 1.54) is 0 Å². The summed E-state index contributed by atoms with van der Waals surface area (Å²) < 4.78 is 5.42. The SMILES string of the molecule is O=C(Nc1ccc(Cl)c(Cl)c1)N1CCCSC[C@@H]1CN1CCOCC1. The number of morpholine rings is 1. The second-order valence-corrected chi connectivity index (χ2v) is 8.21. The average Bonchev–Trinajstić information content (AvgIpc) is 2.84. The molecule has 1 atom stereocenters. The minimum atomic E-state index is -0.0702. The predicted molar refractivity (Wildman–Crippen MR) is 105 cm³/mol. The topological polar surface area (TPSA) is 44.8 Å². The molecule has 2 fully saturated rings. The molecule has 1 aromatic carbocycles. The van der Waals surface area contributed by atoms with Crippen LogP contribution < -0.4 is 5.32 Å². The van der Waals surface area contributed by atoms with Crippen LogP contribution in [0.5, 0.6) is 0 Å². The maximum Gasteiger partial charge on any atom is 0.322 e. The summed E-state index contributed by atoms with van der Waals surface area (Å²) in [4.78, 5) is 17.2. The van der Waals surface area contributed by atoms with Gasteiger partial charge in [0.05, 0.1) is 29.3 Å². The molecular weight excluding hydrogens is 381 g/mol. The molecule has 2 saturated heterocycles. The van der Waals surface area contributed by atoms with E-state index in [1.54, 1.807) is 18.2 Å². The van der Waals surface area contributed by atoms with E-state index in [2.05, 4.69) is 10.2 Å². The van der Waals surface area contributed by atoms with Crippen LogP contribution in [0.3, 0.4) is 0 Å². The van der Waals surface area contributed by atoms with Gasteiger partial charge in [-0.2, -0.15) is 11.8 Å². The fourth-order valence-electron chi connectivity index (χ4n) is 3.10. The van der Waals surface area contributed by atoms with E-state index < -0.39 is 0 Å². The van der Waals surface area contributed by atoms with Crippen LogP contribution >= 0.6 is 35.0 Å². The highest BCUT2D eigenvalue weighted by atomic mass is 35.5. The number of nitrogens with zero attached hydrogens (tertiary/aromatic N) is 2. The van der Waals surface area contributed by atoms with E-state index in [4.69, 9.17) is 27.9 Å². The van der Waals surface area contributed by atoms with E-state index in [0.29, 0.717) is 15.7 Å². The fourth-order valence-corrected chi connectivity index (χ4v) is 4.45. The Bertz CT molecular complexity index is 599. The van der Waals surface area contributed by atoms with Crippen LogP contribution in [0.15, 0.2) is 18.2 Å². The van der Waals surface area contributed by atoms with Gasteiger partial charge in [-0.15, -0.1) is 0 Å². The van der Waals surface area contributed by atoms with Crippen molar-refractivity contribution in [2.75, 3.05) is 56.2 Å². The minimum absolute atomic E-state index is 0.0702. The lowest BCUT2D eigenvalue weighted by molar-refractivity contribution is 0.0288. The minimum Gasteiger partial charge on any atom is -0.379 e. The Morgan fingerprint density at radius 3 is 2.80 bits per heavy atom. The lowest BCUT2D eigenvalue weighted by Gasteiger charge is -2.35. The quantitative estimate of drug-likeness (QED) is 0.835. The summed E-state index contributed by atoms with van der Waals surface area (Å²) >= 11 is 13.9. The average molecular weight is 404 g/mol. The monoisotopic (exact) mass is 403 g/mol. The third-order valence-electron chi connectivity index (χ3n) is 4.44. The van der Waals surface area contributed by atoms with Crippen LogP contribution in [0.2, 0.25) is 10.0 Å². The van der Waals surface area contributed by atoms with Crippen molar-refractivity contribution in [3.05, 3.63) is 28.2 Å². The zero-order valence-electron chi connectivity index (χ0n) is 14.0. The number of benzene rings is 1. The first-order chi connectivity index (χ1) is 12.1. The van der Waals surface area contributed by atoms with E-state index >= 15 is 0 Å². The third-order valence-corrected chi connectivity index (χ3v) is 6.38. The van der Waals surface area contributed by atoms with E-state index in [9.17, 15) is 4.79 Å². The second kappa shape index (κ2) is 9.33. The van der Waals surface area contributed by atoms with Crippen LogP contribution in [-0.2, 0) is 4.74 Å². The Morgan fingerprint density at radius 2 is 2.04 bits per heavy atom. The largest absolute Gasteiger partial charge is 0.379 e. The molecule has 1 N–H and O–H groups in total. The van der Waals surface area contributed by atoms with Gasteiger partial charge in [-0.1, -0.05) is 23.2 Å². The number of carbonyl (C=O) groups is 1. The number of anilines is 1. The molecule has 2 aliphatic heterocycles. The van der Waals surface area contributed by atoms with E-state index in [1.807, 2.05) is 16.7 Å². The number of hydrogen-bond donors (Lipinski definition) is 1. The molecule has 3 rings (SSSR count). The predicted octanol–water partition coefficient (Wildman–Crippen LogP) is 3.67. The van der Waals surface area contributed by atoms with E-state index in [-0.39, 0.29) is 12.1 Å². The highest BCUT2D eigenvalue weighted by molar-refractivity contribution is 7.99. The van der Waals surface area contributed by atoms with Crippen LogP contribution in [0, 0.1) is 0 Å². The number of ether oxygens (including phenoxy) is 1. The van der Waals surface area contributed by atoms with Gasteiger partial charge in [-0.05, 0) is 30.4 Å². The Labute approximate surface area is 163 Å². The van der Waals surface area contributed by atoms with Gasteiger partial charge in [0.25, 0.3) is 0 Å². The molecule has 0 radical (unpaired) electrons. The number of rotatable bonds is 3. The number of hydrogen-bond acceptors (Lipinski definition) is 4. The summed E-state index contributed by atoms with van der Waals surface area (Å²) in [5, 5.41) is 3.89. The summed E-state index contributed by atoms with van der Waals surface area (Å²) in [7, 11) is 0. The molecule has 1 aromatic rings. The molecule has 0 aromatic heterocycles. The number of carbonyl (C=O) groups excluding carboxylic acids is 1. The van der Waals surface area contributed by atoms with Crippen molar-refractivity contribution < 1.29 is 9.53 Å². The molecule has 2 aliphatic rings. The van der Waals surface area contributed by atoms with Gasteiger partial charge in [0.2, 0.25) is 0 Å². The number of halogens is 2. The first-order valence-corrected chi connectivity index (χ1v) is 10.4. The molecule has 0 spiro atoms. The summed E-state index contributed by atoms with van der Waals surface area (Å²) in [5.41, 5.74) is 0.668. The molecule has 2 amide bonds.